The SMILES string of the molecule is CCn1nc(C)c(S(=O)(=O)N2CCO[C@@H](C)[C@@H]2C(=O)O)c1C. The van der Waals surface area contributed by atoms with Crippen molar-refractivity contribution < 1.29 is 23.1 Å². The van der Waals surface area contributed by atoms with Crippen LogP contribution in [-0.4, -0.2) is 58.9 Å². The number of aromatic nitrogens is 2. The van der Waals surface area contributed by atoms with Gasteiger partial charge in [-0.1, -0.05) is 0 Å². The van der Waals surface area contributed by atoms with Gasteiger partial charge >= 0.3 is 5.97 Å². The van der Waals surface area contributed by atoms with Crippen molar-refractivity contribution in [3.63, 3.8) is 0 Å². The minimum Gasteiger partial charge on any atom is -0.480 e. The molecular formula is C13H21N3O5S. The van der Waals surface area contributed by atoms with Crippen LogP contribution in [0.5, 0.6) is 0 Å². The topological polar surface area (TPSA) is 102 Å². The number of carboxylic acids is 1. The average Bonchev–Trinajstić information content (AvgIpc) is 2.72. The lowest BCUT2D eigenvalue weighted by molar-refractivity contribution is -0.150. The van der Waals surface area contributed by atoms with Crippen LogP contribution in [-0.2, 0) is 26.1 Å². The third-order valence-corrected chi connectivity index (χ3v) is 6.02. The zero-order chi connectivity index (χ0) is 16.7. The highest BCUT2D eigenvalue weighted by Crippen LogP contribution is 2.28. The molecule has 0 unspecified atom stereocenters. The van der Waals surface area contributed by atoms with Gasteiger partial charge in [0.05, 0.1) is 24.1 Å². The number of hydrogen-bond acceptors (Lipinski definition) is 5. The summed E-state index contributed by atoms with van der Waals surface area (Å²) in [4.78, 5) is 11.6. The van der Waals surface area contributed by atoms with Crippen molar-refractivity contribution in [2.75, 3.05) is 13.2 Å². The number of aliphatic carboxylic acids is 1. The molecule has 0 spiro atoms. The van der Waals surface area contributed by atoms with Gasteiger partial charge in [0.2, 0.25) is 10.0 Å². The molecule has 1 N–H and O–H groups in total. The van der Waals surface area contributed by atoms with Gasteiger partial charge in [0.25, 0.3) is 0 Å². The van der Waals surface area contributed by atoms with E-state index in [4.69, 9.17) is 4.74 Å². The summed E-state index contributed by atoms with van der Waals surface area (Å²) in [6.07, 6.45) is -0.706. The van der Waals surface area contributed by atoms with Crippen molar-refractivity contribution in [3.05, 3.63) is 11.4 Å². The van der Waals surface area contributed by atoms with Crippen molar-refractivity contribution >= 4 is 16.0 Å². The number of sulfonamides is 1. The van der Waals surface area contributed by atoms with Crippen LogP contribution in [0.2, 0.25) is 0 Å². The van der Waals surface area contributed by atoms with Crippen LogP contribution in [0.15, 0.2) is 4.90 Å². The quantitative estimate of drug-likeness (QED) is 0.856. The lowest BCUT2D eigenvalue weighted by atomic mass is 10.1. The average molecular weight is 331 g/mol. The second-order valence-corrected chi connectivity index (χ2v) is 7.12. The van der Waals surface area contributed by atoms with Crippen LogP contribution in [0.25, 0.3) is 0 Å². The number of ether oxygens (including phenoxy) is 1. The van der Waals surface area contributed by atoms with Crippen LogP contribution in [0, 0.1) is 13.8 Å². The number of nitrogens with zero attached hydrogens (tertiary/aromatic N) is 3. The zero-order valence-corrected chi connectivity index (χ0v) is 13.9. The summed E-state index contributed by atoms with van der Waals surface area (Å²) in [5.74, 6) is -1.21. The van der Waals surface area contributed by atoms with Crippen LogP contribution < -0.4 is 0 Å². The monoisotopic (exact) mass is 331 g/mol. The lowest BCUT2D eigenvalue weighted by Crippen LogP contribution is -2.56. The first-order valence-electron chi connectivity index (χ1n) is 7.12. The van der Waals surface area contributed by atoms with Crippen LogP contribution in [0.3, 0.4) is 0 Å². The number of carbonyl (C=O) groups is 1. The van der Waals surface area contributed by atoms with Crippen LogP contribution in [0.4, 0.5) is 0 Å². The molecule has 22 heavy (non-hydrogen) atoms. The van der Waals surface area contributed by atoms with Gasteiger partial charge < -0.3 is 9.84 Å². The maximum Gasteiger partial charge on any atom is 0.324 e. The lowest BCUT2D eigenvalue weighted by Gasteiger charge is -2.36. The third-order valence-electron chi connectivity index (χ3n) is 3.88. The minimum atomic E-state index is -3.95. The minimum absolute atomic E-state index is 0.0137. The van der Waals surface area contributed by atoms with Crippen LogP contribution in [0.1, 0.15) is 25.2 Å². The molecule has 124 valence electrons. The first kappa shape index (κ1) is 16.9. The first-order chi connectivity index (χ1) is 10.2. The predicted octanol–water partition coefficient (Wildman–Crippen LogP) is 0.382. The molecule has 1 saturated heterocycles. The van der Waals surface area contributed by atoms with Crippen molar-refractivity contribution in [2.24, 2.45) is 0 Å². The summed E-state index contributed by atoms with van der Waals surface area (Å²) in [6.45, 7) is 7.46. The highest BCUT2D eigenvalue weighted by atomic mass is 32.2. The van der Waals surface area contributed by atoms with Gasteiger partial charge in [-0.15, -0.1) is 0 Å². The smallest absolute Gasteiger partial charge is 0.324 e. The van der Waals surface area contributed by atoms with Crippen molar-refractivity contribution in [1.29, 1.82) is 0 Å². The maximum absolute atomic E-state index is 13.0. The Labute approximate surface area is 129 Å². The molecule has 2 rings (SSSR count). The summed E-state index contributed by atoms with van der Waals surface area (Å²) >= 11 is 0. The molecule has 9 heteroatoms. The molecule has 1 aromatic heterocycles. The fourth-order valence-corrected chi connectivity index (χ4v) is 4.87. The Hall–Kier alpha value is -1.45. The van der Waals surface area contributed by atoms with E-state index in [9.17, 15) is 18.3 Å². The Morgan fingerprint density at radius 2 is 2.09 bits per heavy atom. The van der Waals surface area contributed by atoms with E-state index in [1.807, 2.05) is 6.92 Å². The summed E-state index contributed by atoms with van der Waals surface area (Å²) in [6, 6.07) is -1.23. The second kappa shape index (κ2) is 5.98. The van der Waals surface area contributed by atoms with Gasteiger partial charge in [-0.2, -0.15) is 9.40 Å². The van der Waals surface area contributed by atoms with Gasteiger partial charge in [-0.05, 0) is 27.7 Å². The highest BCUT2D eigenvalue weighted by molar-refractivity contribution is 7.89. The summed E-state index contributed by atoms with van der Waals surface area (Å²) in [5.41, 5.74) is 0.894. The van der Waals surface area contributed by atoms with E-state index < -0.39 is 28.1 Å². The van der Waals surface area contributed by atoms with E-state index in [1.54, 1.807) is 25.5 Å². The fourth-order valence-electron chi connectivity index (χ4n) is 2.87. The number of aryl methyl sites for hydroxylation is 2. The normalized spacial score (nSPS) is 23.6. The molecule has 0 amide bonds. The standard InChI is InChI=1S/C13H21N3O5S/c1-5-15-9(3)12(8(2)14-15)22(19,20)16-6-7-21-10(4)11(16)13(17)18/h10-11H,5-7H2,1-4H3,(H,17,18)/t10-,11+/m0/s1. The van der Waals surface area contributed by atoms with Crippen LogP contribution >= 0.6 is 0 Å². The Morgan fingerprint density at radius 3 is 2.59 bits per heavy atom. The summed E-state index contributed by atoms with van der Waals surface area (Å²) in [5, 5.41) is 13.6. The molecule has 1 aliphatic rings. The van der Waals surface area contributed by atoms with Crippen molar-refractivity contribution in [2.45, 2.75) is 51.3 Å². The molecule has 2 heterocycles. The number of hydrogen-bond donors (Lipinski definition) is 1. The van der Waals surface area contributed by atoms with E-state index in [1.165, 1.54) is 0 Å². The molecule has 0 radical (unpaired) electrons. The third kappa shape index (κ3) is 2.64. The first-order valence-corrected chi connectivity index (χ1v) is 8.56. The number of rotatable bonds is 4. The summed E-state index contributed by atoms with van der Waals surface area (Å²) < 4.78 is 33.9. The van der Waals surface area contributed by atoms with E-state index in [2.05, 4.69) is 5.10 Å². The summed E-state index contributed by atoms with van der Waals surface area (Å²) in [7, 11) is -3.95. The van der Waals surface area contributed by atoms with E-state index in [0.29, 0.717) is 17.9 Å². The van der Waals surface area contributed by atoms with Gasteiger partial charge in [0.15, 0.2) is 0 Å². The molecule has 0 aliphatic carbocycles. The molecule has 0 aromatic carbocycles. The Kier molecular flexibility index (Phi) is 4.59. The van der Waals surface area contributed by atoms with Gasteiger partial charge in [0.1, 0.15) is 10.9 Å². The molecule has 2 atom stereocenters. The van der Waals surface area contributed by atoms with Gasteiger partial charge in [0, 0.05) is 13.1 Å². The van der Waals surface area contributed by atoms with Gasteiger partial charge in [-0.25, -0.2) is 8.42 Å². The highest BCUT2D eigenvalue weighted by Gasteiger charge is 2.44. The largest absolute Gasteiger partial charge is 0.480 e. The Morgan fingerprint density at radius 1 is 1.45 bits per heavy atom. The molecule has 0 saturated carbocycles. The molecule has 0 bridgehead atoms. The van der Waals surface area contributed by atoms with E-state index >= 15 is 0 Å². The number of carboxylic acid groups (broad SMARTS) is 1. The molecule has 8 nitrogen and oxygen atoms in total. The fraction of sp³-hybridized carbons (Fsp3) is 0.692. The maximum atomic E-state index is 13.0. The Bertz CT molecular complexity index is 682. The molecule has 1 aromatic rings. The number of morpholine rings is 1. The van der Waals surface area contributed by atoms with E-state index in [0.717, 1.165) is 4.31 Å². The predicted molar refractivity (Wildman–Crippen MR) is 78.1 cm³/mol. The second-order valence-electron chi connectivity index (χ2n) is 5.29. The van der Waals surface area contributed by atoms with Gasteiger partial charge in [-0.3, -0.25) is 9.48 Å². The van der Waals surface area contributed by atoms with Crippen molar-refractivity contribution in [3.8, 4) is 0 Å². The van der Waals surface area contributed by atoms with Crippen molar-refractivity contribution in [1.82, 2.24) is 14.1 Å². The molecular weight excluding hydrogens is 310 g/mol. The van der Waals surface area contributed by atoms with E-state index in [-0.39, 0.29) is 18.0 Å². The molecule has 1 fully saturated rings. The zero-order valence-electron chi connectivity index (χ0n) is 13.1. The molecule has 1 aliphatic heterocycles. The Balaban J connectivity index is 2.54.